The molecule has 1 fully saturated rings. The van der Waals surface area contributed by atoms with Crippen LogP contribution in [-0.4, -0.2) is 28.0 Å². The van der Waals surface area contributed by atoms with Gasteiger partial charge in [0.15, 0.2) is 0 Å². The van der Waals surface area contributed by atoms with E-state index in [0.717, 1.165) is 0 Å². The van der Waals surface area contributed by atoms with Crippen molar-refractivity contribution in [2.75, 3.05) is 0 Å². The molecule has 0 unspecified atom stereocenters. The van der Waals surface area contributed by atoms with E-state index in [1.165, 1.54) is 18.7 Å². The fourth-order valence-corrected chi connectivity index (χ4v) is 4.67. The number of rotatable bonds is 4. The average molecular weight is 429 g/mol. The number of amides is 1. The third kappa shape index (κ3) is 3.42. The maximum absolute atomic E-state index is 12.5. The number of halogens is 1. The molecule has 3 rings (SSSR count). The molecule has 1 aromatic carbocycles. The van der Waals surface area contributed by atoms with Crippen LogP contribution in [0, 0.1) is 22.2 Å². The van der Waals surface area contributed by atoms with Gasteiger partial charge < -0.3 is 10.1 Å². The fraction of sp³-hybridized carbons (Fsp3) is 0.400. The summed E-state index contributed by atoms with van der Waals surface area (Å²) in [7, 11) is 0. The lowest BCUT2D eigenvalue weighted by molar-refractivity contribution is -0.164. The number of nitrogens with one attached hydrogen (secondary N) is 1. The first-order valence-corrected chi connectivity index (χ1v) is 9.39. The number of hydrogen-bond donors (Lipinski definition) is 1. The Kier molecular flexibility index (Phi) is 4.96. The second-order valence-electron chi connectivity index (χ2n) is 7.93. The van der Waals surface area contributed by atoms with Crippen molar-refractivity contribution < 1.29 is 9.53 Å². The van der Waals surface area contributed by atoms with Crippen LogP contribution in [0.5, 0.6) is 5.75 Å². The Morgan fingerprint density at radius 1 is 1.22 bits per heavy atom. The topological polar surface area (TPSA) is 87.9 Å². The van der Waals surface area contributed by atoms with Crippen LogP contribution in [0.2, 0.25) is 0 Å². The third-order valence-electron chi connectivity index (χ3n) is 5.25. The van der Waals surface area contributed by atoms with Gasteiger partial charge in [-0.05, 0) is 34.1 Å². The summed E-state index contributed by atoms with van der Waals surface area (Å²) in [5.74, 6) is 0.495. The van der Waals surface area contributed by atoms with E-state index < -0.39 is 0 Å². The molecule has 6 nitrogen and oxygen atoms in total. The van der Waals surface area contributed by atoms with Crippen molar-refractivity contribution in [3.63, 3.8) is 0 Å². The minimum Gasteiger partial charge on any atom is -0.489 e. The van der Waals surface area contributed by atoms with Crippen molar-refractivity contribution in [3.05, 3.63) is 52.5 Å². The molecule has 7 heteroatoms. The van der Waals surface area contributed by atoms with Gasteiger partial charge in [0.05, 0.1) is 11.1 Å². The van der Waals surface area contributed by atoms with E-state index in [1.807, 2.05) is 0 Å². The zero-order chi connectivity index (χ0) is 19.8. The fourth-order valence-electron chi connectivity index (χ4n) is 4.23. The van der Waals surface area contributed by atoms with E-state index >= 15 is 0 Å². The molecule has 1 aliphatic rings. The molecule has 140 valence electrons. The molecule has 0 saturated heterocycles. The van der Waals surface area contributed by atoms with Crippen LogP contribution < -0.4 is 10.1 Å². The standard InChI is InChI=1S/C20H21BrN4O2/c1-19(2)17(25-16(26)13-9-23-11-24-10-13)20(3,4)18(19)27-14-6-5-12(8-22)15(21)7-14/h5-7,9-11,17-18H,1-4H3,(H,25,26). The quantitative estimate of drug-likeness (QED) is 0.801. The summed E-state index contributed by atoms with van der Waals surface area (Å²) in [4.78, 5) is 20.3. The molecule has 1 aliphatic carbocycles. The highest BCUT2D eigenvalue weighted by Gasteiger charge is 2.64. The third-order valence-corrected chi connectivity index (χ3v) is 5.91. The van der Waals surface area contributed by atoms with Gasteiger partial charge in [-0.25, -0.2) is 9.97 Å². The van der Waals surface area contributed by atoms with Crippen molar-refractivity contribution in [1.82, 2.24) is 15.3 Å². The number of aromatic nitrogens is 2. The average Bonchev–Trinajstić information content (AvgIpc) is 2.64. The molecular weight excluding hydrogens is 408 g/mol. The van der Waals surface area contributed by atoms with Gasteiger partial charge in [0.1, 0.15) is 24.3 Å². The minimum absolute atomic E-state index is 0.0791. The van der Waals surface area contributed by atoms with Crippen LogP contribution in [0.1, 0.15) is 43.6 Å². The smallest absolute Gasteiger partial charge is 0.254 e. The molecule has 1 heterocycles. The van der Waals surface area contributed by atoms with Crippen LogP contribution in [0.15, 0.2) is 41.4 Å². The minimum atomic E-state index is -0.283. The number of ether oxygens (including phenoxy) is 1. The summed E-state index contributed by atoms with van der Waals surface area (Å²) in [6, 6.07) is 7.37. The number of nitrogens with zero attached hydrogens (tertiary/aromatic N) is 3. The number of nitriles is 1. The van der Waals surface area contributed by atoms with Crippen LogP contribution >= 0.6 is 15.9 Å². The van der Waals surface area contributed by atoms with Gasteiger partial charge in [0.25, 0.3) is 5.91 Å². The molecular formula is C20H21BrN4O2. The molecule has 0 atom stereocenters. The first-order valence-electron chi connectivity index (χ1n) is 8.60. The zero-order valence-electron chi connectivity index (χ0n) is 15.7. The Labute approximate surface area is 167 Å². The first kappa shape index (κ1) is 19.3. The SMILES string of the molecule is CC1(C)C(NC(=O)c2cncnc2)C(C)(C)C1Oc1ccc(C#N)c(Br)c1. The maximum Gasteiger partial charge on any atom is 0.254 e. The number of carbonyl (C=O) groups is 1. The van der Waals surface area contributed by atoms with Gasteiger partial charge in [-0.2, -0.15) is 5.26 Å². The summed E-state index contributed by atoms with van der Waals surface area (Å²) in [6.07, 6.45) is 4.29. The second kappa shape index (κ2) is 6.93. The van der Waals surface area contributed by atoms with E-state index in [1.54, 1.807) is 18.2 Å². The first-order chi connectivity index (χ1) is 12.7. The van der Waals surface area contributed by atoms with Gasteiger partial charge in [-0.1, -0.05) is 27.7 Å². The molecule has 2 aromatic rings. The Balaban J connectivity index is 1.77. The Morgan fingerprint density at radius 2 is 1.85 bits per heavy atom. The van der Waals surface area contributed by atoms with Gasteiger partial charge in [-0.15, -0.1) is 0 Å². The highest BCUT2D eigenvalue weighted by Crippen LogP contribution is 2.55. The van der Waals surface area contributed by atoms with Crippen LogP contribution in [0.25, 0.3) is 0 Å². The van der Waals surface area contributed by atoms with E-state index in [9.17, 15) is 4.79 Å². The molecule has 0 bridgehead atoms. The van der Waals surface area contributed by atoms with Crippen molar-refractivity contribution in [2.24, 2.45) is 10.8 Å². The Morgan fingerprint density at radius 3 is 2.41 bits per heavy atom. The zero-order valence-corrected chi connectivity index (χ0v) is 17.2. The van der Waals surface area contributed by atoms with Crippen LogP contribution in [0.3, 0.4) is 0 Å². The van der Waals surface area contributed by atoms with Gasteiger partial charge in [-0.3, -0.25) is 4.79 Å². The van der Waals surface area contributed by atoms with Crippen molar-refractivity contribution in [2.45, 2.75) is 39.8 Å². The predicted molar refractivity (Wildman–Crippen MR) is 104 cm³/mol. The van der Waals surface area contributed by atoms with E-state index in [4.69, 9.17) is 10.00 Å². The molecule has 27 heavy (non-hydrogen) atoms. The highest BCUT2D eigenvalue weighted by molar-refractivity contribution is 9.10. The molecule has 1 amide bonds. The monoisotopic (exact) mass is 428 g/mol. The maximum atomic E-state index is 12.5. The predicted octanol–water partition coefficient (Wildman–Crippen LogP) is 3.72. The van der Waals surface area contributed by atoms with Crippen LogP contribution in [-0.2, 0) is 0 Å². The van der Waals surface area contributed by atoms with Crippen molar-refractivity contribution in [3.8, 4) is 11.8 Å². The molecule has 0 radical (unpaired) electrons. The second-order valence-corrected chi connectivity index (χ2v) is 8.78. The van der Waals surface area contributed by atoms with E-state index in [-0.39, 0.29) is 28.9 Å². The normalized spacial score (nSPS) is 22.2. The highest BCUT2D eigenvalue weighted by atomic mass is 79.9. The Hall–Kier alpha value is -2.46. The van der Waals surface area contributed by atoms with Crippen molar-refractivity contribution in [1.29, 1.82) is 5.26 Å². The lowest BCUT2D eigenvalue weighted by atomic mass is 9.49. The number of hydrogen-bond acceptors (Lipinski definition) is 5. The van der Waals surface area contributed by atoms with Crippen molar-refractivity contribution >= 4 is 21.8 Å². The number of carbonyl (C=O) groups excluding carboxylic acids is 1. The van der Waals surface area contributed by atoms with E-state index in [2.05, 4.69) is 65.0 Å². The summed E-state index contributed by atoms with van der Waals surface area (Å²) >= 11 is 3.39. The molecule has 0 spiro atoms. The van der Waals surface area contributed by atoms with Gasteiger partial charge in [0, 0.05) is 33.7 Å². The molecule has 1 aromatic heterocycles. The van der Waals surface area contributed by atoms with Gasteiger partial charge in [0.2, 0.25) is 0 Å². The summed E-state index contributed by atoms with van der Waals surface area (Å²) in [5.41, 5.74) is 0.429. The summed E-state index contributed by atoms with van der Waals surface area (Å²) in [5, 5.41) is 12.2. The van der Waals surface area contributed by atoms with Gasteiger partial charge >= 0.3 is 0 Å². The largest absolute Gasteiger partial charge is 0.489 e. The molecule has 1 N–H and O–H groups in total. The lowest BCUT2D eigenvalue weighted by Crippen LogP contribution is -2.74. The molecule has 0 aliphatic heterocycles. The Bertz CT molecular complexity index is 890. The van der Waals surface area contributed by atoms with Crippen LogP contribution in [0.4, 0.5) is 0 Å². The molecule has 1 saturated carbocycles. The number of benzene rings is 1. The summed E-state index contributed by atoms with van der Waals surface area (Å²) < 4.78 is 6.96. The summed E-state index contributed by atoms with van der Waals surface area (Å²) in [6.45, 7) is 8.31. The lowest BCUT2D eigenvalue weighted by Gasteiger charge is -2.63. The van der Waals surface area contributed by atoms with E-state index in [0.29, 0.717) is 21.3 Å².